The van der Waals surface area contributed by atoms with Crippen molar-refractivity contribution < 1.29 is 18.0 Å². The highest BCUT2D eigenvalue weighted by molar-refractivity contribution is 7.89. The number of rotatable bonds is 4. The Bertz CT molecular complexity index is 1140. The molecule has 9 heteroatoms. The molecule has 1 atom stereocenters. The van der Waals surface area contributed by atoms with E-state index in [0.717, 1.165) is 11.3 Å². The minimum Gasteiger partial charge on any atom is -0.326 e. The van der Waals surface area contributed by atoms with E-state index < -0.39 is 10.0 Å². The molecule has 0 radical (unpaired) electrons. The Hall–Kier alpha value is -2.42. The van der Waals surface area contributed by atoms with Crippen molar-refractivity contribution in [2.24, 2.45) is 5.92 Å². The van der Waals surface area contributed by atoms with Crippen molar-refractivity contribution >= 4 is 44.8 Å². The van der Waals surface area contributed by atoms with Gasteiger partial charge in [0, 0.05) is 48.4 Å². The summed E-state index contributed by atoms with van der Waals surface area (Å²) in [6.45, 7) is 4.04. The van der Waals surface area contributed by atoms with Gasteiger partial charge in [0.05, 0.1) is 4.90 Å². The van der Waals surface area contributed by atoms with Crippen LogP contribution in [0.5, 0.6) is 0 Å². The molecule has 1 N–H and O–H groups in total. The summed E-state index contributed by atoms with van der Waals surface area (Å²) in [4.78, 5) is 26.4. The zero-order valence-electron chi connectivity index (χ0n) is 18.0. The molecule has 0 aromatic heterocycles. The Morgan fingerprint density at radius 3 is 2.34 bits per heavy atom. The maximum atomic E-state index is 13.2. The highest BCUT2D eigenvalue weighted by Gasteiger charge is 2.34. The topological polar surface area (TPSA) is 86.8 Å². The lowest BCUT2D eigenvalue weighted by Crippen LogP contribution is -2.41. The number of nitrogens with zero attached hydrogens (tertiary/aromatic N) is 2. The van der Waals surface area contributed by atoms with Crippen molar-refractivity contribution in [2.75, 3.05) is 23.3 Å². The fraction of sp³-hybridized carbons (Fsp3) is 0.391. The van der Waals surface area contributed by atoms with Gasteiger partial charge < -0.3 is 10.2 Å². The number of sulfonamides is 1. The molecule has 2 aliphatic rings. The molecule has 0 spiro atoms. The van der Waals surface area contributed by atoms with Crippen LogP contribution in [0, 0.1) is 5.92 Å². The van der Waals surface area contributed by atoms with Crippen LogP contribution in [0.25, 0.3) is 0 Å². The number of hydrogen-bond donors (Lipinski definition) is 1. The first-order chi connectivity index (χ1) is 15.2. The Morgan fingerprint density at radius 1 is 1.06 bits per heavy atom. The van der Waals surface area contributed by atoms with Crippen LogP contribution >= 0.6 is 11.6 Å². The first-order valence-electron chi connectivity index (χ1n) is 10.7. The smallest absolute Gasteiger partial charge is 0.243 e. The maximum absolute atomic E-state index is 13.2. The molecule has 2 amide bonds. The molecule has 2 heterocycles. The van der Waals surface area contributed by atoms with Gasteiger partial charge in [-0.25, -0.2) is 8.42 Å². The number of carbonyl (C=O) groups excluding carboxylic acids is 2. The lowest BCUT2D eigenvalue weighted by Gasteiger charge is -2.30. The van der Waals surface area contributed by atoms with Crippen LogP contribution in [-0.4, -0.2) is 43.7 Å². The van der Waals surface area contributed by atoms with Crippen LogP contribution in [0.1, 0.15) is 32.3 Å². The van der Waals surface area contributed by atoms with Gasteiger partial charge in [-0.1, -0.05) is 11.6 Å². The van der Waals surface area contributed by atoms with Crippen molar-refractivity contribution in [3.05, 3.63) is 53.1 Å². The second kappa shape index (κ2) is 8.84. The van der Waals surface area contributed by atoms with E-state index in [0.29, 0.717) is 30.0 Å². The standard InChI is InChI=1S/C23H26ClN3O4S/c1-15-13-18-14-21(7-8-22(18)27(15)16(2)28)32(30,31)26-11-9-17(10-12-26)23(29)25-20-5-3-19(24)4-6-20/h3-8,14-15,17H,9-13H2,1-2H3,(H,25,29)/t15-/m1/s1. The van der Waals surface area contributed by atoms with E-state index in [-0.39, 0.29) is 41.8 Å². The third-order valence-corrected chi connectivity index (χ3v) is 8.33. The normalized spacial score (nSPS) is 19.6. The first kappa shape index (κ1) is 22.8. The molecule has 0 aliphatic carbocycles. The number of benzene rings is 2. The van der Waals surface area contributed by atoms with Gasteiger partial charge >= 0.3 is 0 Å². The van der Waals surface area contributed by atoms with E-state index in [1.807, 2.05) is 6.92 Å². The summed E-state index contributed by atoms with van der Waals surface area (Å²) >= 11 is 5.87. The van der Waals surface area contributed by atoms with Gasteiger partial charge in [0.1, 0.15) is 0 Å². The van der Waals surface area contributed by atoms with Gasteiger partial charge in [-0.15, -0.1) is 0 Å². The SMILES string of the molecule is CC(=O)N1c2ccc(S(=O)(=O)N3CCC(C(=O)Nc4ccc(Cl)cc4)CC3)cc2C[C@H]1C. The van der Waals surface area contributed by atoms with Crippen LogP contribution in [0.4, 0.5) is 11.4 Å². The van der Waals surface area contributed by atoms with Crippen LogP contribution in [0.2, 0.25) is 5.02 Å². The lowest BCUT2D eigenvalue weighted by molar-refractivity contribution is -0.121. The van der Waals surface area contributed by atoms with Crippen LogP contribution < -0.4 is 10.2 Å². The predicted molar refractivity (Wildman–Crippen MR) is 124 cm³/mol. The van der Waals surface area contributed by atoms with Crippen molar-refractivity contribution in [1.82, 2.24) is 4.31 Å². The molecule has 170 valence electrons. The van der Waals surface area contributed by atoms with E-state index in [9.17, 15) is 18.0 Å². The van der Waals surface area contributed by atoms with E-state index in [4.69, 9.17) is 11.6 Å². The van der Waals surface area contributed by atoms with E-state index in [1.54, 1.807) is 47.4 Å². The number of nitrogens with one attached hydrogen (secondary N) is 1. The van der Waals surface area contributed by atoms with Crippen molar-refractivity contribution in [1.29, 1.82) is 0 Å². The number of fused-ring (bicyclic) bond motifs is 1. The van der Waals surface area contributed by atoms with Crippen LogP contribution in [0.15, 0.2) is 47.4 Å². The molecule has 1 fully saturated rings. The average Bonchev–Trinajstić information content (AvgIpc) is 3.10. The largest absolute Gasteiger partial charge is 0.326 e. The predicted octanol–water partition coefficient (Wildman–Crippen LogP) is 3.68. The summed E-state index contributed by atoms with van der Waals surface area (Å²) in [5, 5.41) is 3.47. The number of carbonyl (C=O) groups is 2. The fourth-order valence-corrected chi connectivity index (χ4v) is 6.18. The Balaban J connectivity index is 1.42. The molecule has 0 bridgehead atoms. The minimum atomic E-state index is -3.67. The minimum absolute atomic E-state index is 0.00958. The summed E-state index contributed by atoms with van der Waals surface area (Å²) in [5.41, 5.74) is 2.31. The molecule has 2 aromatic rings. The fourth-order valence-electron chi connectivity index (χ4n) is 4.53. The van der Waals surface area contributed by atoms with E-state index in [1.165, 1.54) is 11.2 Å². The van der Waals surface area contributed by atoms with Crippen molar-refractivity contribution in [2.45, 2.75) is 44.0 Å². The molecular formula is C23H26ClN3O4S. The summed E-state index contributed by atoms with van der Waals surface area (Å²) in [7, 11) is -3.67. The molecule has 2 aromatic carbocycles. The maximum Gasteiger partial charge on any atom is 0.243 e. The molecule has 32 heavy (non-hydrogen) atoms. The molecule has 7 nitrogen and oxygen atoms in total. The van der Waals surface area contributed by atoms with E-state index in [2.05, 4.69) is 5.32 Å². The third kappa shape index (κ3) is 4.40. The first-order valence-corrected chi connectivity index (χ1v) is 12.5. The molecule has 1 saturated heterocycles. The summed E-state index contributed by atoms with van der Waals surface area (Å²) in [6, 6.07) is 11.9. The van der Waals surface area contributed by atoms with Gasteiger partial charge in [-0.05, 0) is 74.2 Å². The van der Waals surface area contributed by atoms with Crippen molar-refractivity contribution in [3.8, 4) is 0 Å². The zero-order chi connectivity index (χ0) is 23.0. The summed E-state index contributed by atoms with van der Waals surface area (Å²) < 4.78 is 27.9. The highest BCUT2D eigenvalue weighted by atomic mass is 35.5. The number of anilines is 2. The average molecular weight is 476 g/mol. The lowest BCUT2D eigenvalue weighted by atomic mass is 9.97. The van der Waals surface area contributed by atoms with Gasteiger partial charge in [0.15, 0.2) is 0 Å². The second-order valence-electron chi connectivity index (χ2n) is 8.41. The Morgan fingerprint density at radius 2 is 1.72 bits per heavy atom. The van der Waals surface area contributed by atoms with Gasteiger partial charge in [0.2, 0.25) is 21.8 Å². The van der Waals surface area contributed by atoms with Crippen LogP contribution in [0.3, 0.4) is 0 Å². The third-order valence-electron chi connectivity index (χ3n) is 6.18. The highest BCUT2D eigenvalue weighted by Crippen LogP contribution is 2.35. The molecule has 0 unspecified atom stereocenters. The Kier molecular flexibility index (Phi) is 6.29. The number of hydrogen-bond acceptors (Lipinski definition) is 4. The van der Waals surface area contributed by atoms with E-state index >= 15 is 0 Å². The Labute approximate surface area is 193 Å². The summed E-state index contributed by atoms with van der Waals surface area (Å²) in [6.07, 6.45) is 1.54. The quantitative estimate of drug-likeness (QED) is 0.730. The zero-order valence-corrected chi connectivity index (χ0v) is 19.6. The second-order valence-corrected chi connectivity index (χ2v) is 10.8. The van der Waals surface area contributed by atoms with Gasteiger partial charge in [0.25, 0.3) is 0 Å². The van der Waals surface area contributed by atoms with Crippen molar-refractivity contribution in [3.63, 3.8) is 0 Å². The summed E-state index contributed by atoms with van der Waals surface area (Å²) in [5.74, 6) is -0.409. The molecule has 2 aliphatic heterocycles. The molecule has 4 rings (SSSR count). The van der Waals surface area contributed by atoms with Gasteiger partial charge in [-0.2, -0.15) is 4.31 Å². The number of piperidine rings is 1. The molecule has 0 saturated carbocycles. The molecular weight excluding hydrogens is 450 g/mol. The van der Waals surface area contributed by atoms with Crippen LogP contribution in [-0.2, 0) is 26.0 Å². The number of halogens is 1. The van der Waals surface area contributed by atoms with Gasteiger partial charge in [-0.3, -0.25) is 9.59 Å². The monoisotopic (exact) mass is 475 g/mol. The number of amides is 2.